The molecular weight excluding hydrogens is 218 g/mol. The van der Waals surface area contributed by atoms with Crippen molar-refractivity contribution in [2.45, 2.75) is 25.9 Å². The molecule has 0 aliphatic carbocycles. The first kappa shape index (κ1) is 11.6. The molecule has 1 aromatic carbocycles. The van der Waals surface area contributed by atoms with Crippen LogP contribution in [0, 0.1) is 0 Å². The second-order valence-electron chi connectivity index (χ2n) is 3.93. The average Bonchev–Trinajstić information content (AvgIpc) is 2.68. The van der Waals surface area contributed by atoms with Crippen LogP contribution in [0.15, 0.2) is 24.3 Å². The van der Waals surface area contributed by atoms with Crippen LogP contribution in [0.2, 0.25) is 0 Å². The minimum atomic E-state index is -1.000. The van der Waals surface area contributed by atoms with E-state index in [-0.39, 0.29) is 6.42 Å². The molecule has 1 aromatic heterocycles. The highest BCUT2D eigenvalue weighted by Gasteiger charge is 2.17. The lowest BCUT2D eigenvalue weighted by atomic mass is 10.1. The van der Waals surface area contributed by atoms with E-state index in [1.54, 1.807) is 0 Å². The first-order valence-electron chi connectivity index (χ1n) is 5.56. The Hall–Kier alpha value is -1.88. The van der Waals surface area contributed by atoms with Gasteiger partial charge in [0.2, 0.25) is 0 Å². The molecule has 0 saturated heterocycles. The van der Waals surface area contributed by atoms with Gasteiger partial charge in [-0.15, -0.1) is 0 Å². The monoisotopic (exact) mass is 233 g/mol. The van der Waals surface area contributed by atoms with Crippen molar-refractivity contribution in [2.75, 3.05) is 0 Å². The molecule has 0 amide bonds. The third kappa shape index (κ3) is 2.14. The lowest BCUT2D eigenvalue weighted by Crippen LogP contribution is -2.32. The smallest absolute Gasteiger partial charge is 0.320 e. The summed E-state index contributed by atoms with van der Waals surface area (Å²) in [7, 11) is 0. The largest absolute Gasteiger partial charge is 0.480 e. The molecule has 3 N–H and O–H groups in total. The SMILES string of the molecule is CCn1nc(C[C@@H](N)C(=O)O)c2ccccc21. The van der Waals surface area contributed by atoms with Gasteiger partial charge in [-0.1, -0.05) is 18.2 Å². The number of hydrogen-bond acceptors (Lipinski definition) is 3. The van der Waals surface area contributed by atoms with Gasteiger partial charge in [0.25, 0.3) is 0 Å². The molecule has 17 heavy (non-hydrogen) atoms. The molecule has 90 valence electrons. The van der Waals surface area contributed by atoms with Crippen LogP contribution >= 0.6 is 0 Å². The second-order valence-corrected chi connectivity index (χ2v) is 3.93. The summed E-state index contributed by atoms with van der Waals surface area (Å²) in [5.74, 6) is -1.000. The maximum Gasteiger partial charge on any atom is 0.320 e. The van der Waals surface area contributed by atoms with Gasteiger partial charge in [-0.05, 0) is 13.0 Å². The van der Waals surface area contributed by atoms with Gasteiger partial charge in [0.05, 0.1) is 11.2 Å². The van der Waals surface area contributed by atoms with Crippen molar-refractivity contribution < 1.29 is 9.90 Å². The van der Waals surface area contributed by atoms with Gasteiger partial charge in [0.1, 0.15) is 6.04 Å². The summed E-state index contributed by atoms with van der Waals surface area (Å²) in [6, 6.07) is 6.87. The van der Waals surface area contributed by atoms with Gasteiger partial charge >= 0.3 is 5.97 Å². The van der Waals surface area contributed by atoms with Crippen LogP contribution in [0.3, 0.4) is 0 Å². The summed E-state index contributed by atoms with van der Waals surface area (Å²) >= 11 is 0. The highest BCUT2D eigenvalue weighted by atomic mass is 16.4. The van der Waals surface area contributed by atoms with E-state index in [4.69, 9.17) is 10.8 Å². The average molecular weight is 233 g/mol. The maximum absolute atomic E-state index is 10.8. The number of fused-ring (bicyclic) bond motifs is 1. The molecule has 2 aromatic rings. The number of aliphatic carboxylic acids is 1. The lowest BCUT2D eigenvalue weighted by molar-refractivity contribution is -0.138. The molecular formula is C12H15N3O2. The third-order valence-corrected chi connectivity index (χ3v) is 2.76. The van der Waals surface area contributed by atoms with Crippen LogP contribution in [-0.4, -0.2) is 26.9 Å². The number of nitrogens with two attached hydrogens (primary N) is 1. The van der Waals surface area contributed by atoms with E-state index >= 15 is 0 Å². The van der Waals surface area contributed by atoms with E-state index in [0.717, 1.165) is 23.1 Å². The number of para-hydroxylation sites is 1. The molecule has 0 saturated carbocycles. The molecule has 0 aliphatic rings. The zero-order valence-corrected chi connectivity index (χ0v) is 9.63. The van der Waals surface area contributed by atoms with E-state index in [9.17, 15) is 4.79 Å². The molecule has 2 rings (SSSR count). The number of aromatic nitrogens is 2. The Kier molecular flexibility index (Phi) is 3.10. The van der Waals surface area contributed by atoms with Crippen LogP contribution in [-0.2, 0) is 17.8 Å². The minimum Gasteiger partial charge on any atom is -0.480 e. The van der Waals surface area contributed by atoms with Gasteiger partial charge in [-0.2, -0.15) is 5.10 Å². The van der Waals surface area contributed by atoms with Gasteiger partial charge < -0.3 is 10.8 Å². The van der Waals surface area contributed by atoms with Crippen molar-refractivity contribution >= 4 is 16.9 Å². The highest BCUT2D eigenvalue weighted by Crippen LogP contribution is 2.19. The van der Waals surface area contributed by atoms with E-state index in [1.807, 2.05) is 35.9 Å². The molecule has 5 heteroatoms. The van der Waals surface area contributed by atoms with Crippen molar-refractivity contribution in [2.24, 2.45) is 5.73 Å². The van der Waals surface area contributed by atoms with Crippen molar-refractivity contribution in [1.29, 1.82) is 0 Å². The quantitative estimate of drug-likeness (QED) is 0.825. The van der Waals surface area contributed by atoms with E-state index < -0.39 is 12.0 Å². The number of rotatable bonds is 4. The van der Waals surface area contributed by atoms with E-state index in [0.29, 0.717) is 0 Å². The van der Waals surface area contributed by atoms with E-state index in [1.165, 1.54) is 0 Å². The Morgan fingerprint density at radius 2 is 2.24 bits per heavy atom. The Bertz CT molecular complexity index is 548. The molecule has 5 nitrogen and oxygen atoms in total. The maximum atomic E-state index is 10.8. The zero-order chi connectivity index (χ0) is 12.4. The minimum absolute atomic E-state index is 0.253. The number of carboxylic acids is 1. The number of nitrogens with zero attached hydrogens (tertiary/aromatic N) is 2. The first-order chi connectivity index (χ1) is 8.13. The highest BCUT2D eigenvalue weighted by molar-refractivity contribution is 5.83. The Labute approximate surface area is 98.8 Å². The van der Waals surface area contributed by atoms with Crippen LogP contribution in [0.4, 0.5) is 0 Å². The molecule has 0 spiro atoms. The Morgan fingerprint density at radius 3 is 2.88 bits per heavy atom. The van der Waals surface area contributed by atoms with Crippen molar-refractivity contribution in [3.05, 3.63) is 30.0 Å². The van der Waals surface area contributed by atoms with Crippen LogP contribution in [0.1, 0.15) is 12.6 Å². The normalized spacial score (nSPS) is 12.8. The molecule has 0 unspecified atom stereocenters. The Balaban J connectivity index is 2.44. The summed E-state index contributed by atoms with van der Waals surface area (Å²) < 4.78 is 1.86. The second kappa shape index (κ2) is 4.55. The predicted octanol–water partition coefficient (Wildman–Crippen LogP) is 1.01. The molecule has 1 atom stereocenters. The summed E-state index contributed by atoms with van der Waals surface area (Å²) in [6.45, 7) is 2.75. The number of carbonyl (C=O) groups is 1. The molecule has 0 fully saturated rings. The molecule has 0 aliphatic heterocycles. The standard InChI is InChI=1S/C12H15N3O2/c1-2-15-11-6-4-3-5-8(11)10(14-15)7-9(13)12(16)17/h3-6,9H,2,7,13H2,1H3,(H,16,17)/t9-/m1/s1. The topological polar surface area (TPSA) is 81.1 Å². The lowest BCUT2D eigenvalue weighted by Gasteiger charge is -2.03. The van der Waals surface area contributed by atoms with Gasteiger partial charge in [0.15, 0.2) is 0 Å². The fourth-order valence-corrected chi connectivity index (χ4v) is 1.88. The van der Waals surface area contributed by atoms with Crippen molar-refractivity contribution in [3.8, 4) is 0 Å². The van der Waals surface area contributed by atoms with Gasteiger partial charge in [0, 0.05) is 18.4 Å². The van der Waals surface area contributed by atoms with Crippen LogP contribution < -0.4 is 5.73 Å². The molecule has 1 heterocycles. The molecule has 0 bridgehead atoms. The fraction of sp³-hybridized carbons (Fsp3) is 0.333. The number of hydrogen-bond donors (Lipinski definition) is 2. The number of aryl methyl sites for hydroxylation is 1. The van der Waals surface area contributed by atoms with Crippen LogP contribution in [0.25, 0.3) is 10.9 Å². The summed E-state index contributed by atoms with van der Waals surface area (Å²) in [5, 5.41) is 14.2. The molecule has 0 radical (unpaired) electrons. The fourth-order valence-electron chi connectivity index (χ4n) is 1.88. The van der Waals surface area contributed by atoms with Gasteiger partial charge in [-0.25, -0.2) is 0 Å². The third-order valence-electron chi connectivity index (χ3n) is 2.76. The van der Waals surface area contributed by atoms with Crippen molar-refractivity contribution in [3.63, 3.8) is 0 Å². The number of carboxylic acid groups (broad SMARTS) is 1. The van der Waals surface area contributed by atoms with E-state index in [2.05, 4.69) is 5.10 Å². The summed E-state index contributed by atoms with van der Waals surface area (Å²) in [6.07, 6.45) is 0.253. The zero-order valence-electron chi connectivity index (χ0n) is 9.63. The number of benzene rings is 1. The summed E-state index contributed by atoms with van der Waals surface area (Å²) in [5.41, 5.74) is 7.31. The Morgan fingerprint density at radius 1 is 1.53 bits per heavy atom. The van der Waals surface area contributed by atoms with Gasteiger partial charge in [-0.3, -0.25) is 9.48 Å². The first-order valence-corrected chi connectivity index (χ1v) is 5.56. The van der Waals surface area contributed by atoms with Crippen LogP contribution in [0.5, 0.6) is 0 Å². The van der Waals surface area contributed by atoms with Crippen molar-refractivity contribution in [1.82, 2.24) is 9.78 Å². The predicted molar refractivity (Wildman–Crippen MR) is 64.7 cm³/mol. The summed E-state index contributed by atoms with van der Waals surface area (Å²) in [4.78, 5) is 10.8.